The normalized spacial score (nSPS) is 16.8. The minimum absolute atomic E-state index is 0.114. The van der Waals surface area contributed by atoms with Crippen LogP contribution >= 0.6 is 0 Å². The first-order valence-electron chi connectivity index (χ1n) is 4.82. The largest absolute Gasteiger partial charge is 0.462 e. The van der Waals surface area contributed by atoms with Crippen LogP contribution in [0.2, 0.25) is 0 Å². The Morgan fingerprint density at radius 1 is 1.44 bits per heavy atom. The van der Waals surface area contributed by atoms with Crippen molar-refractivity contribution < 1.29 is 14.3 Å². The third kappa shape index (κ3) is 3.73. The second-order valence-corrected chi connectivity index (χ2v) is 3.13. The Labute approximate surface area is 92.8 Å². The van der Waals surface area contributed by atoms with Crippen LogP contribution in [0.15, 0.2) is 5.10 Å². The Morgan fingerprint density at radius 2 is 2.06 bits per heavy atom. The lowest BCUT2D eigenvalue weighted by Crippen LogP contribution is -2.46. The van der Waals surface area contributed by atoms with Crippen molar-refractivity contribution in [2.45, 2.75) is 0 Å². The third-order valence-corrected chi connectivity index (χ3v) is 1.95. The molecule has 4 N–H and O–H groups in total. The van der Waals surface area contributed by atoms with Gasteiger partial charge in [0.1, 0.15) is 0 Å². The van der Waals surface area contributed by atoms with Crippen molar-refractivity contribution in [3.8, 4) is 0 Å². The van der Waals surface area contributed by atoms with Gasteiger partial charge in [-0.1, -0.05) is 0 Å². The van der Waals surface area contributed by atoms with Crippen LogP contribution in [-0.4, -0.2) is 56.1 Å². The van der Waals surface area contributed by atoms with Crippen LogP contribution in [0.5, 0.6) is 0 Å². The van der Waals surface area contributed by atoms with Crippen molar-refractivity contribution in [2.24, 2.45) is 10.8 Å². The maximum Gasteiger partial charge on any atom is 0.396 e. The van der Waals surface area contributed by atoms with Crippen molar-refractivity contribution >= 4 is 17.8 Å². The van der Waals surface area contributed by atoms with Crippen LogP contribution in [0.25, 0.3) is 0 Å². The predicted octanol–water partition coefficient (Wildman–Crippen LogP) is -2.59. The number of carbonyl (C=O) groups is 2. The molecule has 1 aliphatic heterocycles. The van der Waals surface area contributed by atoms with Gasteiger partial charge in [-0.25, -0.2) is 4.79 Å². The first-order chi connectivity index (χ1) is 7.63. The number of hydrogen-bond donors (Lipinski definition) is 3. The Hall–Kier alpha value is -1.83. The van der Waals surface area contributed by atoms with Gasteiger partial charge in [0.25, 0.3) is 0 Å². The van der Waals surface area contributed by atoms with Gasteiger partial charge < -0.3 is 15.8 Å². The molecular formula is C8H15N5O3. The maximum atomic E-state index is 11.0. The van der Waals surface area contributed by atoms with Gasteiger partial charge in [0.15, 0.2) is 0 Å². The number of rotatable bonds is 1. The van der Waals surface area contributed by atoms with E-state index in [4.69, 9.17) is 5.73 Å². The lowest BCUT2D eigenvalue weighted by molar-refractivity contribution is -0.152. The molecular weight excluding hydrogens is 214 g/mol. The Bertz CT molecular complexity index is 298. The highest BCUT2D eigenvalue weighted by Crippen LogP contribution is 1.91. The molecule has 0 radical (unpaired) electrons. The molecule has 1 rings (SSSR count). The molecule has 1 amide bonds. The fourth-order valence-electron chi connectivity index (χ4n) is 1.19. The zero-order chi connectivity index (χ0) is 12.0. The van der Waals surface area contributed by atoms with Crippen LogP contribution in [0.3, 0.4) is 0 Å². The fraction of sp³-hybridized carbons (Fsp3) is 0.625. The molecule has 0 spiro atoms. The van der Waals surface area contributed by atoms with E-state index in [2.05, 4.69) is 20.5 Å². The molecule has 1 saturated heterocycles. The highest BCUT2D eigenvalue weighted by atomic mass is 16.5. The topological polar surface area (TPSA) is 109 Å². The molecule has 90 valence electrons. The van der Waals surface area contributed by atoms with E-state index in [1.807, 2.05) is 0 Å². The van der Waals surface area contributed by atoms with E-state index in [-0.39, 0.29) is 5.96 Å². The second-order valence-electron chi connectivity index (χ2n) is 3.13. The van der Waals surface area contributed by atoms with Crippen molar-refractivity contribution in [3.05, 3.63) is 0 Å². The van der Waals surface area contributed by atoms with Gasteiger partial charge in [0.05, 0.1) is 7.11 Å². The average molecular weight is 229 g/mol. The van der Waals surface area contributed by atoms with Crippen molar-refractivity contribution in [3.63, 3.8) is 0 Å². The number of carbonyl (C=O) groups excluding carboxylic acids is 2. The summed E-state index contributed by atoms with van der Waals surface area (Å²) < 4.78 is 4.22. The van der Waals surface area contributed by atoms with Gasteiger partial charge >= 0.3 is 11.9 Å². The minimum atomic E-state index is -1.00. The number of guanidine groups is 1. The first kappa shape index (κ1) is 12.2. The number of methoxy groups -OCH3 is 1. The summed E-state index contributed by atoms with van der Waals surface area (Å²) in [4.78, 5) is 21.8. The van der Waals surface area contributed by atoms with Crippen LogP contribution < -0.4 is 16.4 Å². The third-order valence-electron chi connectivity index (χ3n) is 1.95. The minimum Gasteiger partial charge on any atom is -0.462 e. The van der Waals surface area contributed by atoms with E-state index < -0.39 is 11.9 Å². The number of hydrogen-bond acceptors (Lipinski definition) is 6. The van der Waals surface area contributed by atoms with Crippen LogP contribution in [0.1, 0.15) is 0 Å². The highest BCUT2D eigenvalue weighted by Gasteiger charge is 2.15. The summed E-state index contributed by atoms with van der Waals surface area (Å²) in [6, 6.07) is 0. The van der Waals surface area contributed by atoms with Crippen molar-refractivity contribution in [1.82, 2.24) is 15.6 Å². The van der Waals surface area contributed by atoms with Crippen molar-refractivity contribution in [1.29, 1.82) is 0 Å². The number of amides is 1. The van der Waals surface area contributed by atoms with Crippen LogP contribution in [0, 0.1) is 0 Å². The van der Waals surface area contributed by atoms with Gasteiger partial charge in [-0.2, -0.15) is 0 Å². The Kier molecular flexibility index (Phi) is 4.52. The quantitative estimate of drug-likeness (QED) is 0.197. The van der Waals surface area contributed by atoms with Crippen molar-refractivity contribution in [2.75, 3.05) is 33.3 Å². The zero-order valence-electron chi connectivity index (χ0n) is 9.02. The number of esters is 1. The smallest absolute Gasteiger partial charge is 0.396 e. The van der Waals surface area contributed by atoms with E-state index in [9.17, 15) is 9.59 Å². The molecule has 0 saturated carbocycles. The van der Waals surface area contributed by atoms with Gasteiger partial charge in [0.2, 0.25) is 5.96 Å². The lowest BCUT2D eigenvalue weighted by atomic mass is 10.4. The Morgan fingerprint density at radius 3 is 2.62 bits per heavy atom. The molecule has 1 fully saturated rings. The summed E-state index contributed by atoms with van der Waals surface area (Å²) >= 11 is 0. The molecule has 0 aromatic heterocycles. The van der Waals surface area contributed by atoms with E-state index in [0.29, 0.717) is 13.1 Å². The summed E-state index contributed by atoms with van der Waals surface area (Å²) in [6.45, 7) is 3.02. The standard InChI is InChI=1S/C8H15N5O3/c1-16-7(15)6(14)11-8(9)12-13-4-2-10-3-5-13/h10H,2-5H2,1H3,(H3,9,11,12,14). The lowest BCUT2D eigenvalue weighted by Gasteiger charge is -2.24. The number of nitrogens with one attached hydrogen (secondary N) is 2. The predicted molar refractivity (Wildman–Crippen MR) is 56.2 cm³/mol. The van der Waals surface area contributed by atoms with Gasteiger partial charge in [0, 0.05) is 26.2 Å². The molecule has 8 nitrogen and oxygen atoms in total. The fourth-order valence-corrected chi connectivity index (χ4v) is 1.19. The molecule has 0 atom stereocenters. The van der Waals surface area contributed by atoms with E-state index in [1.165, 1.54) is 0 Å². The summed E-state index contributed by atoms with van der Waals surface area (Å²) in [6.07, 6.45) is 0. The van der Waals surface area contributed by atoms with E-state index >= 15 is 0 Å². The SMILES string of the molecule is COC(=O)C(=O)NC(N)=NN1CCNCC1. The van der Waals surface area contributed by atoms with Crippen LogP contribution in [0.4, 0.5) is 0 Å². The van der Waals surface area contributed by atoms with Gasteiger partial charge in [-0.15, -0.1) is 5.10 Å². The van der Waals surface area contributed by atoms with E-state index in [0.717, 1.165) is 20.2 Å². The summed E-state index contributed by atoms with van der Waals surface area (Å²) in [5, 5.41) is 10.9. The van der Waals surface area contributed by atoms with Gasteiger partial charge in [-0.05, 0) is 0 Å². The summed E-state index contributed by atoms with van der Waals surface area (Å²) in [7, 11) is 1.12. The molecule has 0 bridgehead atoms. The number of ether oxygens (including phenoxy) is 1. The number of nitrogens with two attached hydrogens (primary N) is 1. The number of hydrazone groups is 1. The highest BCUT2D eigenvalue weighted by molar-refractivity contribution is 6.35. The van der Waals surface area contributed by atoms with E-state index in [1.54, 1.807) is 5.01 Å². The van der Waals surface area contributed by atoms with Crippen LogP contribution in [-0.2, 0) is 14.3 Å². The molecule has 0 aliphatic carbocycles. The molecule has 8 heteroatoms. The number of nitrogens with zero attached hydrogens (tertiary/aromatic N) is 2. The maximum absolute atomic E-state index is 11.0. The average Bonchev–Trinajstić information content (AvgIpc) is 2.29. The first-order valence-corrected chi connectivity index (χ1v) is 4.82. The Balaban J connectivity index is 2.43. The molecule has 0 unspecified atom stereocenters. The molecule has 0 aromatic rings. The zero-order valence-corrected chi connectivity index (χ0v) is 9.02. The molecule has 1 aliphatic rings. The molecule has 16 heavy (non-hydrogen) atoms. The monoisotopic (exact) mass is 229 g/mol. The summed E-state index contributed by atoms with van der Waals surface area (Å²) in [5.41, 5.74) is 5.45. The molecule has 0 aromatic carbocycles. The second kappa shape index (κ2) is 5.91. The molecule has 1 heterocycles. The van der Waals surface area contributed by atoms with Gasteiger partial charge in [-0.3, -0.25) is 15.1 Å². The summed E-state index contributed by atoms with van der Waals surface area (Å²) in [5.74, 6) is -2.05. The number of piperazine rings is 1.